The second-order valence-corrected chi connectivity index (χ2v) is 7.28. The van der Waals surface area contributed by atoms with Gasteiger partial charge in [-0.25, -0.2) is 0 Å². The second kappa shape index (κ2) is 6.35. The van der Waals surface area contributed by atoms with Crippen LogP contribution in [0.2, 0.25) is 0 Å². The fourth-order valence-electron chi connectivity index (χ4n) is 2.85. The molecule has 0 bridgehead atoms. The average molecular weight is 349 g/mol. The normalized spacial score (nSPS) is 20.5. The first-order chi connectivity index (χ1) is 11.4. The minimum atomic E-state index is -0.732. The molecule has 7 nitrogen and oxygen atoms in total. The van der Waals surface area contributed by atoms with Crippen molar-refractivity contribution in [2.75, 3.05) is 5.32 Å². The number of carbonyl (C=O) groups is 4. The van der Waals surface area contributed by atoms with E-state index in [0.29, 0.717) is 16.5 Å². The van der Waals surface area contributed by atoms with Crippen LogP contribution >= 0.6 is 11.3 Å². The molecule has 3 N–H and O–H groups in total. The highest BCUT2D eigenvalue weighted by molar-refractivity contribution is 7.17. The van der Waals surface area contributed by atoms with Crippen LogP contribution in [0.25, 0.3) is 0 Å². The molecule has 4 amide bonds. The number of thiophene rings is 1. The molecule has 128 valence electrons. The smallest absolute Gasteiger partial charge is 0.255 e. The topological polar surface area (TPSA) is 104 Å². The molecule has 2 fully saturated rings. The van der Waals surface area contributed by atoms with E-state index >= 15 is 0 Å². The minimum absolute atomic E-state index is 0.200. The number of nitrogens with one attached hydrogen (secondary N) is 3. The Bertz CT molecular complexity index is 736. The van der Waals surface area contributed by atoms with Gasteiger partial charge in [0.1, 0.15) is 11.0 Å². The van der Waals surface area contributed by atoms with Gasteiger partial charge in [-0.3, -0.25) is 24.5 Å². The number of anilines is 1. The number of rotatable bonds is 4. The monoisotopic (exact) mass is 349 g/mol. The summed E-state index contributed by atoms with van der Waals surface area (Å²) in [4.78, 5) is 48.3. The van der Waals surface area contributed by atoms with Gasteiger partial charge in [0.15, 0.2) is 0 Å². The van der Waals surface area contributed by atoms with Gasteiger partial charge in [-0.1, -0.05) is 0 Å². The van der Waals surface area contributed by atoms with Gasteiger partial charge in [0.25, 0.3) is 5.91 Å². The summed E-state index contributed by atoms with van der Waals surface area (Å²) in [6.07, 6.45) is 2.67. The number of imide groups is 1. The lowest BCUT2D eigenvalue weighted by Gasteiger charge is -2.22. The van der Waals surface area contributed by atoms with E-state index in [-0.39, 0.29) is 24.7 Å². The molecule has 2 heterocycles. The summed E-state index contributed by atoms with van der Waals surface area (Å²) in [5.74, 6) is -0.995. The van der Waals surface area contributed by atoms with Gasteiger partial charge < -0.3 is 10.6 Å². The van der Waals surface area contributed by atoms with E-state index in [1.54, 1.807) is 0 Å². The molecule has 1 saturated heterocycles. The maximum atomic E-state index is 12.7. The van der Waals surface area contributed by atoms with Gasteiger partial charge in [0.2, 0.25) is 17.7 Å². The van der Waals surface area contributed by atoms with Gasteiger partial charge in [-0.05, 0) is 37.7 Å². The number of carbonyl (C=O) groups excluding carboxylic acids is 4. The maximum absolute atomic E-state index is 12.7. The van der Waals surface area contributed by atoms with Crippen molar-refractivity contribution in [3.8, 4) is 0 Å². The fourth-order valence-corrected chi connectivity index (χ4v) is 4.27. The highest BCUT2D eigenvalue weighted by Gasteiger charge is 2.34. The van der Waals surface area contributed by atoms with E-state index < -0.39 is 17.9 Å². The highest BCUT2D eigenvalue weighted by Crippen LogP contribution is 2.48. The maximum Gasteiger partial charge on any atom is 0.255 e. The number of hydrogen-bond donors (Lipinski definition) is 3. The molecule has 1 aliphatic carbocycles. The summed E-state index contributed by atoms with van der Waals surface area (Å²) in [5.41, 5.74) is 1.28. The van der Waals surface area contributed by atoms with Crippen LogP contribution in [0, 0.1) is 6.92 Å². The number of piperidine rings is 1. The summed E-state index contributed by atoms with van der Waals surface area (Å²) in [6.45, 7) is 3.27. The molecular formula is C16H19N3O4S. The van der Waals surface area contributed by atoms with Crippen LogP contribution in [0.1, 0.15) is 59.3 Å². The Morgan fingerprint density at radius 2 is 1.92 bits per heavy atom. The molecule has 0 aromatic carbocycles. The van der Waals surface area contributed by atoms with E-state index in [0.717, 1.165) is 23.3 Å². The third-order valence-corrected chi connectivity index (χ3v) is 5.56. The van der Waals surface area contributed by atoms with Crippen molar-refractivity contribution in [2.45, 2.75) is 51.5 Å². The molecular weight excluding hydrogens is 330 g/mol. The van der Waals surface area contributed by atoms with Crippen molar-refractivity contribution in [3.63, 3.8) is 0 Å². The predicted octanol–water partition coefficient (Wildman–Crippen LogP) is 1.43. The Labute approximate surface area is 143 Å². The molecule has 1 unspecified atom stereocenters. The summed E-state index contributed by atoms with van der Waals surface area (Å²) < 4.78 is 0. The quantitative estimate of drug-likeness (QED) is 0.715. The zero-order valence-corrected chi connectivity index (χ0v) is 14.3. The third kappa shape index (κ3) is 3.33. The summed E-state index contributed by atoms with van der Waals surface area (Å²) in [6, 6.07) is -0.732. The van der Waals surface area contributed by atoms with Crippen LogP contribution in [-0.4, -0.2) is 29.7 Å². The van der Waals surface area contributed by atoms with E-state index in [2.05, 4.69) is 16.0 Å². The summed E-state index contributed by atoms with van der Waals surface area (Å²) >= 11 is 1.43. The Hall–Kier alpha value is -2.22. The predicted molar refractivity (Wildman–Crippen MR) is 89.0 cm³/mol. The SMILES string of the molecule is CC(=O)Nc1sc(C2CC2)c(C)c1C(=O)NC1CCC(=O)NC1=O. The van der Waals surface area contributed by atoms with Crippen molar-refractivity contribution in [2.24, 2.45) is 0 Å². The molecule has 1 saturated carbocycles. The molecule has 1 aliphatic heterocycles. The molecule has 24 heavy (non-hydrogen) atoms. The molecule has 1 aromatic heterocycles. The van der Waals surface area contributed by atoms with Gasteiger partial charge in [0, 0.05) is 18.2 Å². The first-order valence-electron chi connectivity index (χ1n) is 7.92. The summed E-state index contributed by atoms with van der Waals surface area (Å²) in [7, 11) is 0. The Balaban J connectivity index is 1.84. The van der Waals surface area contributed by atoms with Gasteiger partial charge in [-0.15, -0.1) is 11.3 Å². The van der Waals surface area contributed by atoms with Crippen molar-refractivity contribution < 1.29 is 19.2 Å². The lowest BCUT2D eigenvalue weighted by molar-refractivity contribution is -0.134. The number of amides is 4. The van der Waals surface area contributed by atoms with E-state index in [9.17, 15) is 19.2 Å². The summed E-state index contributed by atoms with van der Waals surface area (Å²) in [5, 5.41) is 8.14. The second-order valence-electron chi connectivity index (χ2n) is 6.23. The van der Waals surface area contributed by atoms with Crippen LogP contribution < -0.4 is 16.0 Å². The van der Waals surface area contributed by atoms with Gasteiger partial charge >= 0.3 is 0 Å². The van der Waals surface area contributed by atoms with Crippen molar-refractivity contribution in [1.82, 2.24) is 10.6 Å². The Morgan fingerprint density at radius 1 is 1.21 bits per heavy atom. The average Bonchev–Trinajstić information content (AvgIpc) is 3.27. The molecule has 1 aromatic rings. The van der Waals surface area contributed by atoms with Crippen LogP contribution in [0.3, 0.4) is 0 Å². The van der Waals surface area contributed by atoms with Crippen LogP contribution in [0.15, 0.2) is 0 Å². The molecule has 8 heteroatoms. The molecule has 1 atom stereocenters. The van der Waals surface area contributed by atoms with Crippen LogP contribution in [-0.2, 0) is 14.4 Å². The van der Waals surface area contributed by atoms with Crippen LogP contribution in [0.5, 0.6) is 0 Å². The Morgan fingerprint density at radius 3 is 2.50 bits per heavy atom. The standard InChI is InChI=1S/C16H19N3O4S/c1-7-12(15(23)18-10-5-6-11(21)19-14(10)22)16(17-8(2)20)24-13(7)9-3-4-9/h9-10H,3-6H2,1-2H3,(H,17,20)(H,18,23)(H,19,21,22). The fraction of sp³-hybridized carbons (Fsp3) is 0.500. The Kier molecular flexibility index (Phi) is 4.40. The third-order valence-electron chi connectivity index (χ3n) is 4.19. The van der Waals surface area contributed by atoms with Crippen molar-refractivity contribution in [1.29, 1.82) is 0 Å². The first kappa shape index (κ1) is 16.6. The minimum Gasteiger partial charge on any atom is -0.340 e. The van der Waals surface area contributed by atoms with Crippen LogP contribution in [0.4, 0.5) is 5.00 Å². The molecule has 2 aliphatic rings. The zero-order valence-electron chi connectivity index (χ0n) is 13.5. The molecule has 3 rings (SSSR count). The lowest BCUT2D eigenvalue weighted by atomic mass is 10.0. The van der Waals surface area contributed by atoms with E-state index in [1.165, 1.54) is 18.3 Å². The highest BCUT2D eigenvalue weighted by atomic mass is 32.1. The lowest BCUT2D eigenvalue weighted by Crippen LogP contribution is -2.52. The molecule has 0 radical (unpaired) electrons. The van der Waals surface area contributed by atoms with E-state index in [1.807, 2.05) is 6.92 Å². The van der Waals surface area contributed by atoms with Gasteiger partial charge in [-0.2, -0.15) is 0 Å². The van der Waals surface area contributed by atoms with Gasteiger partial charge in [0.05, 0.1) is 5.56 Å². The van der Waals surface area contributed by atoms with Crippen molar-refractivity contribution in [3.05, 3.63) is 16.0 Å². The largest absolute Gasteiger partial charge is 0.340 e. The molecule has 0 spiro atoms. The zero-order chi connectivity index (χ0) is 17.4. The number of hydrogen-bond acceptors (Lipinski definition) is 5. The first-order valence-corrected chi connectivity index (χ1v) is 8.74. The van der Waals surface area contributed by atoms with Crippen molar-refractivity contribution >= 4 is 40.0 Å². The van der Waals surface area contributed by atoms with E-state index in [4.69, 9.17) is 0 Å².